The molecule has 6 heteroatoms. The van der Waals surface area contributed by atoms with E-state index in [9.17, 15) is 0 Å². The Morgan fingerprint density at radius 1 is 1.16 bits per heavy atom. The standard InChI is InChI=1S/C19H15BrClNO2S/c20-16-10-13(19(25)22-11-15-5-3-9-23-15)7-8-18(16)24-12-14-4-1-2-6-17(14)21/h1-10H,11-12H2,(H,22,25). The molecule has 0 atom stereocenters. The zero-order valence-electron chi connectivity index (χ0n) is 13.2. The summed E-state index contributed by atoms with van der Waals surface area (Å²) >= 11 is 15.1. The van der Waals surface area contributed by atoms with Gasteiger partial charge in [0.25, 0.3) is 0 Å². The highest BCUT2D eigenvalue weighted by molar-refractivity contribution is 9.10. The Labute approximate surface area is 165 Å². The zero-order chi connectivity index (χ0) is 17.6. The van der Waals surface area contributed by atoms with Crippen molar-refractivity contribution < 1.29 is 9.15 Å². The molecule has 0 amide bonds. The first-order valence-electron chi connectivity index (χ1n) is 7.60. The van der Waals surface area contributed by atoms with Crippen LogP contribution < -0.4 is 10.1 Å². The molecular formula is C19H15BrClNO2S. The molecule has 2 aromatic carbocycles. The smallest absolute Gasteiger partial charge is 0.134 e. The number of hydrogen-bond acceptors (Lipinski definition) is 3. The van der Waals surface area contributed by atoms with Crippen LogP contribution in [0.2, 0.25) is 5.02 Å². The van der Waals surface area contributed by atoms with Gasteiger partial charge in [0.1, 0.15) is 23.1 Å². The molecule has 0 saturated heterocycles. The molecule has 0 fully saturated rings. The lowest BCUT2D eigenvalue weighted by atomic mass is 10.2. The van der Waals surface area contributed by atoms with Gasteiger partial charge in [0.15, 0.2) is 0 Å². The second-order valence-corrected chi connectivity index (χ2v) is 6.96. The number of rotatable bonds is 6. The van der Waals surface area contributed by atoms with Gasteiger partial charge in [-0.05, 0) is 52.3 Å². The summed E-state index contributed by atoms with van der Waals surface area (Å²) in [5.41, 5.74) is 1.84. The largest absolute Gasteiger partial charge is 0.488 e. The van der Waals surface area contributed by atoms with Crippen LogP contribution in [0.5, 0.6) is 5.75 Å². The van der Waals surface area contributed by atoms with Gasteiger partial charge in [0, 0.05) is 16.1 Å². The van der Waals surface area contributed by atoms with Crippen LogP contribution in [0.4, 0.5) is 0 Å². The first kappa shape index (κ1) is 18.0. The summed E-state index contributed by atoms with van der Waals surface area (Å²) in [7, 11) is 0. The van der Waals surface area contributed by atoms with Crippen molar-refractivity contribution in [3.63, 3.8) is 0 Å². The van der Waals surface area contributed by atoms with Crippen LogP contribution in [-0.2, 0) is 13.2 Å². The van der Waals surface area contributed by atoms with Crippen LogP contribution in [0.1, 0.15) is 16.9 Å². The topological polar surface area (TPSA) is 34.4 Å². The lowest BCUT2D eigenvalue weighted by Gasteiger charge is -2.12. The maximum Gasteiger partial charge on any atom is 0.134 e. The molecule has 0 spiro atoms. The molecule has 0 saturated carbocycles. The Hall–Kier alpha value is -1.82. The number of halogens is 2. The molecule has 1 heterocycles. The van der Waals surface area contributed by atoms with Crippen LogP contribution in [0.25, 0.3) is 0 Å². The van der Waals surface area contributed by atoms with Crippen LogP contribution in [0.15, 0.2) is 69.8 Å². The number of hydrogen-bond donors (Lipinski definition) is 1. The lowest BCUT2D eigenvalue weighted by Crippen LogP contribution is -2.21. The molecular weight excluding hydrogens is 422 g/mol. The van der Waals surface area contributed by atoms with Gasteiger partial charge in [0.05, 0.1) is 17.3 Å². The average Bonchev–Trinajstić information content (AvgIpc) is 3.13. The third-order valence-corrected chi connectivity index (χ3v) is 4.91. The number of furan rings is 1. The molecule has 0 bridgehead atoms. The van der Waals surface area contributed by atoms with E-state index in [1.165, 1.54) is 0 Å². The number of nitrogens with one attached hydrogen (secondary N) is 1. The van der Waals surface area contributed by atoms with Crippen molar-refractivity contribution in [2.24, 2.45) is 0 Å². The molecule has 3 aromatic rings. The van der Waals surface area contributed by atoms with Crippen LogP contribution in [-0.4, -0.2) is 4.99 Å². The van der Waals surface area contributed by atoms with E-state index in [0.29, 0.717) is 23.2 Å². The molecule has 3 rings (SSSR count). The molecule has 1 aromatic heterocycles. The first-order valence-corrected chi connectivity index (χ1v) is 9.18. The average molecular weight is 437 g/mol. The summed E-state index contributed by atoms with van der Waals surface area (Å²) in [5.74, 6) is 1.57. The fraction of sp³-hybridized carbons (Fsp3) is 0.105. The lowest BCUT2D eigenvalue weighted by molar-refractivity contribution is 0.304. The Kier molecular flexibility index (Phi) is 6.13. The highest BCUT2D eigenvalue weighted by Crippen LogP contribution is 2.28. The summed E-state index contributed by atoms with van der Waals surface area (Å²) in [6, 6.07) is 17.1. The predicted molar refractivity (Wildman–Crippen MR) is 107 cm³/mol. The summed E-state index contributed by atoms with van der Waals surface area (Å²) in [4.78, 5) is 0.648. The molecule has 0 aliphatic carbocycles. The maximum atomic E-state index is 6.15. The van der Waals surface area contributed by atoms with Crippen molar-refractivity contribution in [2.75, 3.05) is 0 Å². The van der Waals surface area contributed by atoms with Crippen LogP contribution in [0.3, 0.4) is 0 Å². The van der Waals surface area contributed by atoms with Crippen molar-refractivity contribution in [1.29, 1.82) is 0 Å². The number of ether oxygens (including phenoxy) is 1. The van der Waals surface area contributed by atoms with Crippen molar-refractivity contribution >= 4 is 44.7 Å². The van der Waals surface area contributed by atoms with E-state index < -0.39 is 0 Å². The van der Waals surface area contributed by atoms with Gasteiger partial charge in [0.2, 0.25) is 0 Å². The SMILES string of the molecule is S=C(NCc1ccco1)c1ccc(OCc2ccccc2Cl)c(Br)c1. The Morgan fingerprint density at radius 3 is 2.72 bits per heavy atom. The Balaban J connectivity index is 1.62. The van der Waals surface area contributed by atoms with E-state index in [1.807, 2.05) is 54.6 Å². The highest BCUT2D eigenvalue weighted by Gasteiger charge is 2.08. The Morgan fingerprint density at radius 2 is 2.00 bits per heavy atom. The molecule has 0 unspecified atom stereocenters. The van der Waals surface area contributed by atoms with E-state index in [2.05, 4.69) is 21.2 Å². The van der Waals surface area contributed by atoms with Crippen LogP contribution >= 0.6 is 39.7 Å². The second-order valence-electron chi connectivity index (χ2n) is 5.29. The molecule has 1 N–H and O–H groups in total. The van der Waals surface area contributed by atoms with Crippen LogP contribution in [0, 0.1) is 0 Å². The highest BCUT2D eigenvalue weighted by atomic mass is 79.9. The molecule has 25 heavy (non-hydrogen) atoms. The first-order chi connectivity index (χ1) is 12.1. The van der Waals surface area contributed by atoms with Gasteiger partial charge in [-0.15, -0.1) is 0 Å². The van der Waals surface area contributed by atoms with Gasteiger partial charge in [-0.2, -0.15) is 0 Å². The molecule has 128 valence electrons. The van der Waals surface area contributed by atoms with Gasteiger partial charge < -0.3 is 14.5 Å². The third-order valence-electron chi connectivity index (χ3n) is 3.54. The van der Waals surface area contributed by atoms with Crippen molar-refractivity contribution in [3.8, 4) is 5.75 Å². The summed E-state index contributed by atoms with van der Waals surface area (Å²) in [6.07, 6.45) is 1.64. The fourth-order valence-corrected chi connectivity index (χ4v) is 3.10. The van der Waals surface area contributed by atoms with Gasteiger partial charge in [-0.3, -0.25) is 0 Å². The number of thiocarbonyl (C=S) groups is 1. The summed E-state index contributed by atoms with van der Waals surface area (Å²) in [6.45, 7) is 0.951. The monoisotopic (exact) mass is 435 g/mol. The minimum absolute atomic E-state index is 0.402. The van der Waals surface area contributed by atoms with E-state index in [1.54, 1.807) is 6.26 Å². The predicted octanol–water partition coefficient (Wildman–Crippen LogP) is 5.74. The van der Waals surface area contributed by atoms with Gasteiger partial charge >= 0.3 is 0 Å². The second kappa shape index (κ2) is 8.52. The minimum atomic E-state index is 0.402. The normalized spacial score (nSPS) is 10.5. The maximum absolute atomic E-state index is 6.15. The molecule has 0 aliphatic heterocycles. The zero-order valence-corrected chi connectivity index (χ0v) is 16.3. The molecule has 0 aliphatic rings. The van der Waals surface area contributed by atoms with E-state index in [-0.39, 0.29) is 0 Å². The van der Waals surface area contributed by atoms with E-state index in [0.717, 1.165) is 27.1 Å². The van der Waals surface area contributed by atoms with Crippen molar-refractivity contribution in [2.45, 2.75) is 13.2 Å². The van der Waals surface area contributed by atoms with Gasteiger partial charge in [-0.25, -0.2) is 0 Å². The molecule has 3 nitrogen and oxygen atoms in total. The van der Waals surface area contributed by atoms with Gasteiger partial charge in [-0.1, -0.05) is 42.0 Å². The fourth-order valence-electron chi connectivity index (χ4n) is 2.21. The third kappa shape index (κ3) is 4.84. The Bertz CT molecular complexity index is 868. The van der Waals surface area contributed by atoms with Crippen molar-refractivity contribution in [1.82, 2.24) is 5.32 Å². The van der Waals surface area contributed by atoms with E-state index >= 15 is 0 Å². The molecule has 0 radical (unpaired) electrons. The quantitative estimate of drug-likeness (QED) is 0.500. The van der Waals surface area contributed by atoms with E-state index in [4.69, 9.17) is 33.0 Å². The summed E-state index contributed by atoms with van der Waals surface area (Å²) in [5, 5.41) is 3.87. The number of benzene rings is 2. The van der Waals surface area contributed by atoms with Crippen molar-refractivity contribution in [3.05, 3.63) is 87.2 Å². The minimum Gasteiger partial charge on any atom is -0.488 e. The summed E-state index contributed by atoms with van der Waals surface area (Å²) < 4.78 is 12.0.